The van der Waals surface area contributed by atoms with E-state index in [1.54, 1.807) is 18.2 Å². The van der Waals surface area contributed by atoms with Crippen LogP contribution in [0.15, 0.2) is 33.3 Å². The number of benzene rings is 1. The molecule has 2 rings (SSSR count). The molecule has 78 valence electrons. The third-order valence-electron chi connectivity index (χ3n) is 1.87. The van der Waals surface area contributed by atoms with Crippen molar-refractivity contribution in [1.29, 1.82) is 0 Å². The van der Waals surface area contributed by atoms with E-state index in [-0.39, 0.29) is 6.61 Å². The molecule has 0 spiro atoms. The van der Waals surface area contributed by atoms with E-state index in [0.29, 0.717) is 16.5 Å². The van der Waals surface area contributed by atoms with Gasteiger partial charge in [-0.05, 0) is 18.2 Å². The number of hydrogen-bond donors (Lipinski definition) is 1. The van der Waals surface area contributed by atoms with Crippen LogP contribution in [0, 0.1) is 0 Å². The molecule has 0 aliphatic carbocycles. The van der Waals surface area contributed by atoms with Crippen molar-refractivity contribution in [1.82, 2.24) is 5.16 Å². The lowest BCUT2D eigenvalue weighted by Gasteiger charge is -1.98. The molecular formula is C10H7BrClNO2. The molecule has 1 aromatic carbocycles. The number of halogens is 2. The highest BCUT2D eigenvalue weighted by molar-refractivity contribution is 9.10. The Kier molecular flexibility index (Phi) is 3.09. The van der Waals surface area contributed by atoms with Crippen molar-refractivity contribution in [2.24, 2.45) is 0 Å². The summed E-state index contributed by atoms with van der Waals surface area (Å²) in [6, 6.07) is 7.13. The van der Waals surface area contributed by atoms with Crippen LogP contribution >= 0.6 is 27.5 Å². The maximum atomic E-state index is 8.84. The molecule has 0 bridgehead atoms. The second-order valence-corrected chi connectivity index (χ2v) is 4.35. The number of aliphatic hydroxyl groups is 1. The maximum absolute atomic E-state index is 8.84. The first-order valence-electron chi connectivity index (χ1n) is 4.22. The zero-order valence-corrected chi connectivity index (χ0v) is 9.92. The molecule has 0 saturated carbocycles. The highest BCUT2D eigenvalue weighted by Crippen LogP contribution is 2.27. The molecule has 1 N–H and O–H groups in total. The van der Waals surface area contributed by atoms with Crippen molar-refractivity contribution in [2.75, 3.05) is 0 Å². The van der Waals surface area contributed by atoms with E-state index in [0.717, 1.165) is 10.0 Å². The molecule has 0 fully saturated rings. The molecule has 0 amide bonds. The minimum absolute atomic E-state index is 0.158. The van der Waals surface area contributed by atoms with Crippen LogP contribution in [0.4, 0.5) is 0 Å². The van der Waals surface area contributed by atoms with Crippen LogP contribution in [0.5, 0.6) is 0 Å². The molecule has 5 heteroatoms. The molecular weight excluding hydrogens is 281 g/mol. The molecule has 1 aromatic heterocycles. The highest BCUT2D eigenvalue weighted by atomic mass is 79.9. The Morgan fingerprint density at radius 1 is 1.33 bits per heavy atom. The van der Waals surface area contributed by atoms with Gasteiger partial charge in [0.25, 0.3) is 0 Å². The van der Waals surface area contributed by atoms with Gasteiger partial charge in [0.2, 0.25) is 0 Å². The third-order valence-corrected chi connectivity index (χ3v) is 2.55. The number of hydrogen-bond acceptors (Lipinski definition) is 3. The van der Waals surface area contributed by atoms with Crippen molar-refractivity contribution >= 4 is 27.5 Å². The van der Waals surface area contributed by atoms with Crippen LogP contribution in [0.3, 0.4) is 0 Å². The topological polar surface area (TPSA) is 46.3 Å². The molecule has 0 aliphatic rings. The first-order chi connectivity index (χ1) is 7.19. The van der Waals surface area contributed by atoms with E-state index in [2.05, 4.69) is 21.1 Å². The maximum Gasteiger partial charge on any atom is 0.162 e. The first kappa shape index (κ1) is 10.7. The summed E-state index contributed by atoms with van der Waals surface area (Å²) in [6.07, 6.45) is 0. The molecule has 0 atom stereocenters. The van der Waals surface area contributed by atoms with Gasteiger partial charge in [-0.2, -0.15) is 0 Å². The second-order valence-electron chi connectivity index (χ2n) is 2.99. The molecule has 2 aromatic rings. The Balaban J connectivity index is 2.44. The van der Waals surface area contributed by atoms with Crippen LogP contribution in [-0.4, -0.2) is 10.3 Å². The lowest BCUT2D eigenvalue weighted by atomic mass is 10.1. The minimum atomic E-state index is -0.158. The smallest absolute Gasteiger partial charge is 0.162 e. The quantitative estimate of drug-likeness (QED) is 0.922. The summed E-state index contributed by atoms with van der Waals surface area (Å²) in [5, 5.41) is 13.3. The average molecular weight is 289 g/mol. The van der Waals surface area contributed by atoms with Gasteiger partial charge in [0.1, 0.15) is 12.3 Å². The van der Waals surface area contributed by atoms with Gasteiger partial charge in [-0.25, -0.2) is 0 Å². The van der Waals surface area contributed by atoms with E-state index in [1.807, 2.05) is 6.07 Å². The number of aliphatic hydroxyl groups excluding tert-OH is 1. The van der Waals surface area contributed by atoms with Gasteiger partial charge in [0, 0.05) is 21.1 Å². The van der Waals surface area contributed by atoms with E-state index < -0.39 is 0 Å². The van der Waals surface area contributed by atoms with Gasteiger partial charge in [-0.1, -0.05) is 32.7 Å². The monoisotopic (exact) mass is 287 g/mol. The molecule has 1 heterocycles. The first-order valence-corrected chi connectivity index (χ1v) is 5.39. The summed E-state index contributed by atoms with van der Waals surface area (Å²) in [4.78, 5) is 0. The highest BCUT2D eigenvalue weighted by Gasteiger charge is 2.07. The normalized spacial score (nSPS) is 10.6. The van der Waals surface area contributed by atoms with E-state index >= 15 is 0 Å². The zero-order valence-electron chi connectivity index (χ0n) is 7.58. The Hall–Kier alpha value is -0.840. The lowest BCUT2D eigenvalue weighted by molar-refractivity contribution is 0.229. The van der Waals surface area contributed by atoms with Gasteiger partial charge in [-0.15, -0.1) is 0 Å². The fourth-order valence-corrected chi connectivity index (χ4v) is 2.09. The van der Waals surface area contributed by atoms with E-state index in [4.69, 9.17) is 21.2 Å². The Labute approximate surface area is 99.8 Å². The Bertz CT molecular complexity index is 464. The van der Waals surface area contributed by atoms with Gasteiger partial charge in [0.15, 0.2) is 5.76 Å². The summed E-state index contributed by atoms with van der Waals surface area (Å²) in [6.45, 7) is -0.158. The molecule has 3 nitrogen and oxygen atoms in total. The fraction of sp³-hybridized carbons (Fsp3) is 0.100. The van der Waals surface area contributed by atoms with Gasteiger partial charge < -0.3 is 9.63 Å². The van der Waals surface area contributed by atoms with Crippen LogP contribution < -0.4 is 0 Å². The van der Waals surface area contributed by atoms with Crippen LogP contribution in [0.25, 0.3) is 11.3 Å². The number of aromatic nitrogens is 1. The summed E-state index contributed by atoms with van der Waals surface area (Å²) in [5.74, 6) is 0.432. The van der Waals surface area contributed by atoms with Crippen molar-refractivity contribution in [3.63, 3.8) is 0 Å². The third kappa shape index (κ3) is 2.40. The van der Waals surface area contributed by atoms with Crippen LogP contribution in [0.2, 0.25) is 5.02 Å². The second kappa shape index (κ2) is 4.35. The SMILES string of the molecule is OCc1cc(-c2cc(Cl)cc(Br)c2)no1. The standard InChI is InChI=1S/C10H7BrClNO2/c11-7-1-6(2-8(12)3-7)10-4-9(5-14)15-13-10/h1-4,14H,5H2. The molecule has 0 radical (unpaired) electrons. The molecule has 0 aliphatic heterocycles. The minimum Gasteiger partial charge on any atom is -0.388 e. The van der Waals surface area contributed by atoms with E-state index in [9.17, 15) is 0 Å². The molecule has 15 heavy (non-hydrogen) atoms. The summed E-state index contributed by atoms with van der Waals surface area (Å²) in [7, 11) is 0. The van der Waals surface area contributed by atoms with Crippen molar-refractivity contribution < 1.29 is 9.63 Å². The van der Waals surface area contributed by atoms with Crippen molar-refractivity contribution in [2.45, 2.75) is 6.61 Å². The molecule has 0 saturated heterocycles. The van der Waals surface area contributed by atoms with Gasteiger partial charge in [0.05, 0.1) is 0 Å². The molecule has 0 unspecified atom stereocenters. The summed E-state index contributed by atoms with van der Waals surface area (Å²) < 4.78 is 5.76. The fourth-order valence-electron chi connectivity index (χ4n) is 1.23. The van der Waals surface area contributed by atoms with E-state index in [1.165, 1.54) is 0 Å². The zero-order chi connectivity index (χ0) is 10.8. The predicted octanol–water partition coefficient (Wildman–Crippen LogP) is 3.25. The largest absolute Gasteiger partial charge is 0.388 e. The Morgan fingerprint density at radius 3 is 2.73 bits per heavy atom. The summed E-state index contributed by atoms with van der Waals surface area (Å²) >= 11 is 9.24. The predicted molar refractivity (Wildman–Crippen MR) is 60.6 cm³/mol. The number of nitrogens with zero attached hydrogens (tertiary/aromatic N) is 1. The average Bonchev–Trinajstić information content (AvgIpc) is 2.64. The Morgan fingerprint density at radius 2 is 2.13 bits per heavy atom. The number of rotatable bonds is 2. The summed E-state index contributed by atoms with van der Waals surface area (Å²) in [5.41, 5.74) is 1.50. The van der Waals surface area contributed by atoms with Crippen LogP contribution in [-0.2, 0) is 6.61 Å². The van der Waals surface area contributed by atoms with Gasteiger partial charge >= 0.3 is 0 Å². The lowest BCUT2D eigenvalue weighted by Crippen LogP contribution is -1.78. The van der Waals surface area contributed by atoms with Crippen molar-refractivity contribution in [3.8, 4) is 11.3 Å². The van der Waals surface area contributed by atoms with Gasteiger partial charge in [-0.3, -0.25) is 0 Å². The van der Waals surface area contributed by atoms with Crippen LogP contribution in [0.1, 0.15) is 5.76 Å². The van der Waals surface area contributed by atoms with Crippen molar-refractivity contribution in [3.05, 3.63) is 39.5 Å².